The highest BCUT2D eigenvalue weighted by molar-refractivity contribution is 8.00. The predicted octanol–water partition coefficient (Wildman–Crippen LogP) is 4.07. The maximum absolute atomic E-state index is 12.5. The molecule has 0 unspecified atom stereocenters. The number of carbonyl (C=O) groups excluding carboxylic acids is 2. The molecule has 5 nitrogen and oxygen atoms in total. The van der Waals surface area contributed by atoms with E-state index in [2.05, 4.69) is 20.8 Å². The normalized spacial score (nSPS) is 14.3. The van der Waals surface area contributed by atoms with Crippen molar-refractivity contribution in [1.29, 1.82) is 0 Å². The third-order valence-electron chi connectivity index (χ3n) is 3.43. The van der Waals surface area contributed by atoms with Crippen molar-refractivity contribution in [3.63, 3.8) is 0 Å². The lowest BCUT2D eigenvalue weighted by Crippen LogP contribution is -2.27. The molecule has 0 N–H and O–H groups in total. The molecule has 1 heterocycles. The summed E-state index contributed by atoms with van der Waals surface area (Å²) in [4.78, 5) is 27.4. The van der Waals surface area contributed by atoms with Crippen molar-refractivity contribution < 1.29 is 19.1 Å². The summed E-state index contributed by atoms with van der Waals surface area (Å²) in [6.45, 7) is 6.35. The van der Waals surface area contributed by atoms with E-state index in [1.807, 2.05) is 24.3 Å². The number of methoxy groups -OCH3 is 2. The number of thioether (sulfide) groups is 1. The van der Waals surface area contributed by atoms with Crippen molar-refractivity contribution in [3.05, 3.63) is 60.0 Å². The van der Waals surface area contributed by atoms with E-state index in [0.29, 0.717) is 0 Å². The van der Waals surface area contributed by atoms with Crippen LogP contribution >= 0.6 is 11.8 Å². The molecule has 0 radical (unpaired) electrons. The van der Waals surface area contributed by atoms with E-state index in [1.54, 1.807) is 41.1 Å². The Hall–Kier alpha value is -2.47. The highest BCUT2D eigenvalue weighted by Gasteiger charge is 2.29. The summed E-state index contributed by atoms with van der Waals surface area (Å²) in [5.74, 6) is -1.21. The molecule has 1 aromatic carbocycles. The molecule has 1 aliphatic rings. The Bertz CT molecular complexity index is 787. The van der Waals surface area contributed by atoms with Gasteiger partial charge in [0, 0.05) is 15.8 Å². The maximum atomic E-state index is 12.5. The zero-order chi connectivity index (χ0) is 19.3. The van der Waals surface area contributed by atoms with Gasteiger partial charge in [-0.3, -0.25) is 0 Å². The van der Waals surface area contributed by atoms with Crippen LogP contribution in [-0.2, 0) is 19.1 Å². The number of carbonyl (C=O) groups is 2. The molecule has 0 spiro atoms. The first-order chi connectivity index (χ1) is 12.3. The Morgan fingerprint density at radius 2 is 1.65 bits per heavy atom. The fourth-order valence-electron chi connectivity index (χ4n) is 2.42. The van der Waals surface area contributed by atoms with Crippen LogP contribution in [0.3, 0.4) is 0 Å². The van der Waals surface area contributed by atoms with Crippen LogP contribution in [0.2, 0.25) is 0 Å². The van der Waals surface area contributed by atoms with Crippen molar-refractivity contribution in [2.75, 3.05) is 19.1 Å². The van der Waals surface area contributed by atoms with Crippen LogP contribution in [0.4, 0.5) is 5.69 Å². The number of benzene rings is 1. The summed E-state index contributed by atoms with van der Waals surface area (Å²) in [6.07, 6.45) is 6.74. The van der Waals surface area contributed by atoms with Gasteiger partial charge < -0.3 is 14.4 Å². The molecule has 0 amide bonds. The summed E-state index contributed by atoms with van der Waals surface area (Å²) in [5.41, 5.74) is 1.04. The highest BCUT2D eigenvalue weighted by atomic mass is 32.2. The summed E-state index contributed by atoms with van der Waals surface area (Å²) in [7, 11) is 2.57. The first kappa shape index (κ1) is 19.8. The third kappa shape index (κ3) is 4.58. The first-order valence-electron chi connectivity index (χ1n) is 8.11. The smallest absolute Gasteiger partial charge is 0.355 e. The molecule has 0 saturated heterocycles. The molecule has 0 bridgehead atoms. The van der Waals surface area contributed by atoms with Crippen molar-refractivity contribution in [1.82, 2.24) is 0 Å². The molecule has 138 valence electrons. The van der Waals surface area contributed by atoms with Gasteiger partial charge in [0.05, 0.1) is 25.5 Å². The largest absolute Gasteiger partial charge is 0.465 e. The number of hydrogen-bond donors (Lipinski definition) is 0. The molecular formula is C20H23NO4S. The maximum Gasteiger partial charge on any atom is 0.355 e. The summed E-state index contributed by atoms with van der Waals surface area (Å²) in [6, 6.07) is 7.73. The first-order valence-corrected chi connectivity index (χ1v) is 8.93. The van der Waals surface area contributed by atoms with Crippen LogP contribution < -0.4 is 4.90 Å². The van der Waals surface area contributed by atoms with E-state index in [1.165, 1.54) is 14.2 Å². The van der Waals surface area contributed by atoms with Crippen LogP contribution in [0, 0.1) is 0 Å². The number of nitrogens with zero attached hydrogens (tertiary/aromatic N) is 1. The van der Waals surface area contributed by atoms with Crippen LogP contribution in [0.25, 0.3) is 0 Å². The molecule has 0 atom stereocenters. The molecule has 26 heavy (non-hydrogen) atoms. The average Bonchev–Trinajstić information content (AvgIpc) is 2.82. The zero-order valence-electron chi connectivity index (χ0n) is 15.6. The topological polar surface area (TPSA) is 55.8 Å². The molecule has 0 aliphatic carbocycles. The number of hydrogen-bond acceptors (Lipinski definition) is 6. The van der Waals surface area contributed by atoms with Gasteiger partial charge in [-0.1, -0.05) is 39.0 Å². The Morgan fingerprint density at radius 1 is 1.00 bits per heavy atom. The molecule has 0 aromatic heterocycles. The number of rotatable bonds is 4. The lowest BCUT2D eigenvalue weighted by atomic mass is 10.1. The summed E-state index contributed by atoms with van der Waals surface area (Å²) in [5, 5.41) is 0. The van der Waals surface area contributed by atoms with Gasteiger partial charge in [-0.05, 0) is 24.3 Å². The predicted molar refractivity (Wildman–Crippen MR) is 104 cm³/mol. The second kappa shape index (κ2) is 8.27. The average molecular weight is 373 g/mol. The molecule has 0 fully saturated rings. The lowest BCUT2D eigenvalue weighted by Gasteiger charge is -2.27. The van der Waals surface area contributed by atoms with E-state index >= 15 is 0 Å². The van der Waals surface area contributed by atoms with Gasteiger partial charge in [0.2, 0.25) is 0 Å². The van der Waals surface area contributed by atoms with Gasteiger partial charge in [0.1, 0.15) is 5.70 Å². The second-order valence-corrected chi connectivity index (χ2v) is 8.37. The Kier molecular flexibility index (Phi) is 6.32. The Labute approximate surface area is 158 Å². The minimum atomic E-state index is -0.614. The van der Waals surface area contributed by atoms with Crippen molar-refractivity contribution >= 4 is 29.4 Å². The Balaban J connectivity index is 2.67. The molecule has 2 rings (SSSR count). The number of allylic oxidation sites excluding steroid dienone is 2. The minimum absolute atomic E-state index is 0.0236. The quantitative estimate of drug-likeness (QED) is 0.586. The van der Waals surface area contributed by atoms with Crippen molar-refractivity contribution in [3.8, 4) is 0 Å². The summed E-state index contributed by atoms with van der Waals surface area (Å²) >= 11 is 1.68. The monoisotopic (exact) mass is 373 g/mol. The van der Waals surface area contributed by atoms with Crippen LogP contribution in [-0.4, -0.2) is 30.9 Å². The number of para-hydroxylation sites is 1. The molecule has 6 heteroatoms. The number of anilines is 1. The van der Waals surface area contributed by atoms with Gasteiger partial charge in [-0.15, -0.1) is 11.8 Å². The number of ether oxygens (including phenoxy) is 2. The third-order valence-corrected chi connectivity index (χ3v) is 4.61. The van der Waals surface area contributed by atoms with Gasteiger partial charge in [0.15, 0.2) is 0 Å². The molecule has 1 aromatic rings. The van der Waals surface area contributed by atoms with E-state index in [0.717, 1.165) is 10.6 Å². The van der Waals surface area contributed by atoms with Crippen LogP contribution in [0.15, 0.2) is 64.9 Å². The lowest BCUT2D eigenvalue weighted by molar-refractivity contribution is -0.139. The molecular weight excluding hydrogens is 350 g/mol. The van der Waals surface area contributed by atoms with Crippen molar-refractivity contribution in [2.24, 2.45) is 0 Å². The van der Waals surface area contributed by atoms with E-state index in [9.17, 15) is 9.59 Å². The van der Waals surface area contributed by atoms with E-state index in [-0.39, 0.29) is 16.0 Å². The fraction of sp³-hybridized carbons (Fsp3) is 0.300. The summed E-state index contributed by atoms with van der Waals surface area (Å²) < 4.78 is 9.77. The van der Waals surface area contributed by atoms with Gasteiger partial charge >= 0.3 is 11.9 Å². The standard InChI is InChI=1S/C20H23NO4S/c1-20(2,3)26-16-12-7-6-11-15(16)21-13-9-8-10-14(18(22)24-4)17(21)19(23)25-5/h6-13H,1-5H3. The Morgan fingerprint density at radius 3 is 2.27 bits per heavy atom. The van der Waals surface area contributed by atoms with E-state index < -0.39 is 11.9 Å². The second-order valence-electron chi connectivity index (χ2n) is 6.50. The SMILES string of the molecule is COC(=O)C1=C(C(=O)OC)N(c2ccccc2SC(C)(C)C)C=CC=C1. The minimum Gasteiger partial charge on any atom is -0.465 e. The van der Waals surface area contributed by atoms with Crippen molar-refractivity contribution in [2.45, 2.75) is 30.4 Å². The van der Waals surface area contributed by atoms with Crippen LogP contribution in [0.1, 0.15) is 20.8 Å². The van der Waals surface area contributed by atoms with E-state index in [4.69, 9.17) is 9.47 Å². The van der Waals surface area contributed by atoms with Crippen LogP contribution in [0.5, 0.6) is 0 Å². The van der Waals surface area contributed by atoms with Gasteiger partial charge in [-0.25, -0.2) is 9.59 Å². The zero-order valence-corrected chi connectivity index (χ0v) is 16.4. The van der Waals surface area contributed by atoms with Gasteiger partial charge in [-0.2, -0.15) is 0 Å². The number of esters is 2. The highest BCUT2D eigenvalue weighted by Crippen LogP contribution is 2.40. The molecule has 0 saturated carbocycles. The molecule has 1 aliphatic heterocycles. The fourth-order valence-corrected chi connectivity index (χ4v) is 3.50. The van der Waals surface area contributed by atoms with Gasteiger partial charge in [0.25, 0.3) is 0 Å².